The van der Waals surface area contributed by atoms with Gasteiger partial charge in [0.25, 0.3) is 0 Å². The molecule has 23 heavy (non-hydrogen) atoms. The van der Waals surface area contributed by atoms with Crippen molar-refractivity contribution in [3.05, 3.63) is 65.7 Å². The number of hydrogen-bond donors (Lipinski definition) is 2. The Balaban J connectivity index is 1.91. The topological polar surface area (TPSA) is 88.5 Å². The number of benzene rings is 1. The summed E-state index contributed by atoms with van der Waals surface area (Å²) in [5.41, 5.74) is 1.14. The Kier molecular flexibility index (Phi) is 5.62. The van der Waals surface area contributed by atoms with Crippen molar-refractivity contribution in [3.63, 3.8) is 0 Å². The maximum Gasteiger partial charge on any atom is 0.408 e. The Morgan fingerprint density at radius 1 is 1.22 bits per heavy atom. The van der Waals surface area contributed by atoms with Crippen molar-refractivity contribution in [1.82, 2.24) is 10.3 Å². The highest BCUT2D eigenvalue weighted by Crippen LogP contribution is 2.06. The zero-order valence-electron chi connectivity index (χ0n) is 12.1. The molecule has 0 aliphatic rings. The maximum atomic E-state index is 13.1. The van der Waals surface area contributed by atoms with E-state index >= 15 is 0 Å². The number of amides is 1. The summed E-state index contributed by atoms with van der Waals surface area (Å²) in [6, 6.07) is 8.92. The molecule has 6 nitrogen and oxygen atoms in total. The molecule has 2 rings (SSSR count). The number of nitrogens with one attached hydrogen (secondary N) is 1. The van der Waals surface area contributed by atoms with Gasteiger partial charge in [0.05, 0.1) is 6.20 Å². The lowest BCUT2D eigenvalue weighted by molar-refractivity contribution is -0.139. The number of carboxylic acids is 1. The highest BCUT2D eigenvalue weighted by Gasteiger charge is 2.21. The van der Waals surface area contributed by atoms with Crippen molar-refractivity contribution in [2.24, 2.45) is 0 Å². The van der Waals surface area contributed by atoms with Crippen LogP contribution < -0.4 is 5.32 Å². The van der Waals surface area contributed by atoms with Gasteiger partial charge in [-0.1, -0.05) is 30.3 Å². The Morgan fingerprint density at radius 3 is 2.61 bits per heavy atom. The molecule has 7 heteroatoms. The first-order valence-electron chi connectivity index (χ1n) is 6.84. The van der Waals surface area contributed by atoms with Gasteiger partial charge in [-0.3, -0.25) is 4.98 Å². The second kappa shape index (κ2) is 7.88. The fourth-order valence-corrected chi connectivity index (χ4v) is 1.91. The molecule has 0 aliphatic heterocycles. The van der Waals surface area contributed by atoms with Crippen molar-refractivity contribution in [3.8, 4) is 0 Å². The number of halogens is 1. The number of pyridine rings is 1. The number of nitrogens with zero attached hydrogens (tertiary/aromatic N) is 1. The summed E-state index contributed by atoms with van der Waals surface area (Å²) < 4.78 is 18.0. The van der Waals surface area contributed by atoms with E-state index in [4.69, 9.17) is 9.84 Å². The highest BCUT2D eigenvalue weighted by molar-refractivity contribution is 5.80. The number of alkyl carbamates (subject to hydrolysis) is 1. The summed E-state index contributed by atoms with van der Waals surface area (Å²) in [5, 5.41) is 11.4. The lowest BCUT2D eigenvalue weighted by Crippen LogP contribution is -2.42. The Bertz CT molecular complexity index is 679. The molecule has 1 unspecified atom stereocenters. The van der Waals surface area contributed by atoms with E-state index in [0.717, 1.165) is 11.8 Å². The molecular weight excluding hydrogens is 303 g/mol. The fourth-order valence-electron chi connectivity index (χ4n) is 1.91. The third-order valence-electron chi connectivity index (χ3n) is 3.00. The molecule has 2 aromatic rings. The first-order valence-corrected chi connectivity index (χ1v) is 6.84. The minimum Gasteiger partial charge on any atom is -0.480 e. The largest absolute Gasteiger partial charge is 0.480 e. The fraction of sp³-hybridized carbons (Fsp3) is 0.188. The zero-order valence-corrected chi connectivity index (χ0v) is 12.1. The van der Waals surface area contributed by atoms with Gasteiger partial charge in [-0.2, -0.15) is 0 Å². The molecular formula is C16H15FN2O4. The average molecular weight is 318 g/mol. The predicted molar refractivity (Wildman–Crippen MR) is 79.1 cm³/mol. The molecule has 1 aromatic carbocycles. The average Bonchev–Trinajstić information content (AvgIpc) is 2.53. The van der Waals surface area contributed by atoms with Gasteiger partial charge < -0.3 is 15.2 Å². The molecule has 0 fully saturated rings. The number of carbonyl (C=O) groups excluding carboxylic acids is 1. The van der Waals surface area contributed by atoms with Crippen LogP contribution in [0.15, 0.2) is 48.8 Å². The third-order valence-corrected chi connectivity index (χ3v) is 3.00. The van der Waals surface area contributed by atoms with Crippen LogP contribution in [0.2, 0.25) is 0 Å². The van der Waals surface area contributed by atoms with Crippen molar-refractivity contribution in [2.45, 2.75) is 19.1 Å². The summed E-state index contributed by atoms with van der Waals surface area (Å²) in [6.07, 6.45) is 1.41. The molecule has 1 heterocycles. The van der Waals surface area contributed by atoms with Gasteiger partial charge in [0.15, 0.2) is 0 Å². The summed E-state index contributed by atoms with van der Waals surface area (Å²) >= 11 is 0. The van der Waals surface area contributed by atoms with Gasteiger partial charge in [0.1, 0.15) is 18.5 Å². The Morgan fingerprint density at radius 2 is 1.96 bits per heavy atom. The predicted octanol–water partition coefficient (Wildman–Crippen LogP) is 2.14. The minimum absolute atomic E-state index is 0.0283. The Labute approximate surface area is 131 Å². The molecule has 1 aromatic heterocycles. The van der Waals surface area contributed by atoms with Crippen LogP contribution in [0, 0.1) is 5.82 Å². The van der Waals surface area contributed by atoms with E-state index in [1.165, 1.54) is 12.3 Å². The van der Waals surface area contributed by atoms with E-state index in [1.807, 2.05) is 6.07 Å². The zero-order chi connectivity index (χ0) is 16.7. The molecule has 0 saturated heterocycles. The number of rotatable bonds is 6. The highest BCUT2D eigenvalue weighted by atomic mass is 19.1. The van der Waals surface area contributed by atoms with Gasteiger partial charge in [-0.15, -0.1) is 0 Å². The molecule has 0 aliphatic carbocycles. The van der Waals surface area contributed by atoms with Crippen LogP contribution in [-0.4, -0.2) is 28.2 Å². The summed E-state index contributed by atoms with van der Waals surface area (Å²) in [7, 11) is 0. The van der Waals surface area contributed by atoms with Crippen molar-refractivity contribution in [1.29, 1.82) is 0 Å². The van der Waals surface area contributed by atoms with Gasteiger partial charge >= 0.3 is 12.1 Å². The van der Waals surface area contributed by atoms with Crippen LogP contribution in [0.5, 0.6) is 0 Å². The molecule has 0 saturated carbocycles. The second-order valence-corrected chi connectivity index (χ2v) is 4.81. The quantitative estimate of drug-likeness (QED) is 0.852. The van der Waals surface area contributed by atoms with Gasteiger partial charge in [0, 0.05) is 12.6 Å². The monoisotopic (exact) mass is 318 g/mol. The van der Waals surface area contributed by atoms with E-state index in [9.17, 15) is 14.0 Å². The van der Waals surface area contributed by atoms with Crippen molar-refractivity contribution < 1.29 is 23.8 Å². The molecule has 1 atom stereocenters. The smallest absolute Gasteiger partial charge is 0.408 e. The summed E-state index contributed by atoms with van der Waals surface area (Å²) in [6.45, 7) is 0.0283. The van der Waals surface area contributed by atoms with Crippen LogP contribution in [0.1, 0.15) is 11.1 Å². The molecule has 120 valence electrons. The van der Waals surface area contributed by atoms with Crippen molar-refractivity contribution >= 4 is 12.1 Å². The van der Waals surface area contributed by atoms with Crippen LogP contribution in [0.25, 0.3) is 0 Å². The minimum atomic E-state index is -1.24. The summed E-state index contributed by atoms with van der Waals surface area (Å²) in [4.78, 5) is 26.6. The normalized spacial score (nSPS) is 11.5. The first-order chi connectivity index (χ1) is 11.0. The molecule has 0 bridgehead atoms. The molecule has 0 spiro atoms. The van der Waals surface area contributed by atoms with Crippen LogP contribution in [-0.2, 0) is 22.6 Å². The lowest BCUT2D eigenvalue weighted by atomic mass is 10.1. The first kappa shape index (κ1) is 16.4. The number of carbonyl (C=O) groups is 2. The standard InChI is InChI=1S/C16H15FN2O4/c17-13-6-12(8-18-9-13)7-14(15(20)21)19-16(22)23-10-11-4-2-1-3-5-11/h1-6,8-9,14H,7,10H2,(H,19,22)(H,20,21). The number of hydrogen-bond acceptors (Lipinski definition) is 4. The summed E-state index contributed by atoms with van der Waals surface area (Å²) in [5.74, 6) is -1.82. The van der Waals surface area contributed by atoms with E-state index in [1.54, 1.807) is 24.3 Å². The van der Waals surface area contributed by atoms with E-state index < -0.39 is 23.9 Å². The van der Waals surface area contributed by atoms with Crippen LogP contribution in [0.4, 0.5) is 9.18 Å². The third kappa shape index (κ3) is 5.39. The SMILES string of the molecule is O=C(NC(Cc1cncc(F)c1)C(=O)O)OCc1ccccc1. The number of ether oxygens (including phenoxy) is 1. The van der Waals surface area contributed by atoms with Crippen LogP contribution in [0.3, 0.4) is 0 Å². The van der Waals surface area contributed by atoms with Gasteiger partial charge in [-0.05, 0) is 17.2 Å². The number of carboxylic acid groups (broad SMARTS) is 1. The second-order valence-electron chi connectivity index (χ2n) is 4.81. The molecule has 1 amide bonds. The van der Waals surface area contributed by atoms with Crippen LogP contribution >= 0.6 is 0 Å². The van der Waals surface area contributed by atoms with E-state index in [2.05, 4.69) is 10.3 Å². The Hall–Kier alpha value is -2.96. The number of aromatic nitrogens is 1. The van der Waals surface area contributed by atoms with Gasteiger partial charge in [0.2, 0.25) is 0 Å². The van der Waals surface area contributed by atoms with E-state index in [0.29, 0.717) is 5.56 Å². The van der Waals surface area contributed by atoms with Gasteiger partial charge in [-0.25, -0.2) is 14.0 Å². The lowest BCUT2D eigenvalue weighted by Gasteiger charge is -2.14. The number of aliphatic carboxylic acids is 1. The maximum absolute atomic E-state index is 13.1. The van der Waals surface area contributed by atoms with E-state index in [-0.39, 0.29) is 13.0 Å². The molecule has 2 N–H and O–H groups in total. The molecule has 0 radical (unpaired) electrons. The van der Waals surface area contributed by atoms with Crippen molar-refractivity contribution in [2.75, 3.05) is 0 Å².